The molecular formula is C4H6NNaO3. The number of amides is 1. The number of carbonyl (C=O) groups excluding carboxylic acids is 2. The first-order chi connectivity index (χ1) is 3.77. The Hall–Kier alpha value is -0.0600. The first kappa shape index (κ1) is 11.7. The van der Waals surface area contributed by atoms with Gasteiger partial charge >= 0.3 is 29.6 Å². The van der Waals surface area contributed by atoms with Crippen molar-refractivity contribution in [2.24, 2.45) is 0 Å². The third-order valence-electron chi connectivity index (χ3n) is 0.557. The van der Waals surface area contributed by atoms with E-state index in [-0.39, 0.29) is 42.5 Å². The van der Waals surface area contributed by atoms with Gasteiger partial charge in [0.05, 0.1) is 0 Å². The van der Waals surface area contributed by atoms with Crippen LogP contribution >= 0.6 is 0 Å². The Kier molecular flexibility index (Phi) is 10.3. The average molecular weight is 139 g/mol. The van der Waals surface area contributed by atoms with Crippen molar-refractivity contribution < 1.29 is 44.3 Å². The zero-order valence-corrected chi connectivity index (χ0v) is 7.22. The number of carboxylic acids is 1. The maximum absolute atomic E-state index is 9.61. The van der Waals surface area contributed by atoms with E-state index < -0.39 is 5.97 Å². The molecule has 0 aromatic carbocycles. The SMILES string of the molecule is O=CNCCC(=O)[O-].[Na+]. The van der Waals surface area contributed by atoms with Crippen molar-refractivity contribution >= 4 is 12.4 Å². The quantitative estimate of drug-likeness (QED) is 0.240. The van der Waals surface area contributed by atoms with Crippen molar-refractivity contribution in [1.82, 2.24) is 5.32 Å². The second-order valence-corrected chi connectivity index (χ2v) is 1.19. The van der Waals surface area contributed by atoms with Crippen molar-refractivity contribution in [2.45, 2.75) is 6.42 Å². The van der Waals surface area contributed by atoms with E-state index in [2.05, 4.69) is 5.32 Å². The van der Waals surface area contributed by atoms with E-state index in [4.69, 9.17) is 0 Å². The molecule has 0 aromatic rings. The van der Waals surface area contributed by atoms with Gasteiger partial charge in [-0.1, -0.05) is 0 Å². The number of hydrogen-bond acceptors (Lipinski definition) is 3. The Morgan fingerprint density at radius 2 is 2.22 bits per heavy atom. The molecule has 1 N–H and O–H groups in total. The number of rotatable bonds is 4. The van der Waals surface area contributed by atoms with Gasteiger partial charge in [-0.25, -0.2) is 0 Å². The second kappa shape index (κ2) is 7.94. The molecular weight excluding hydrogens is 133 g/mol. The molecule has 0 aliphatic heterocycles. The van der Waals surface area contributed by atoms with E-state index in [0.29, 0.717) is 6.41 Å². The largest absolute Gasteiger partial charge is 1.00 e. The molecule has 0 aliphatic rings. The van der Waals surface area contributed by atoms with Crippen molar-refractivity contribution in [2.75, 3.05) is 6.54 Å². The summed E-state index contributed by atoms with van der Waals surface area (Å²) in [5.41, 5.74) is 0. The predicted molar refractivity (Wildman–Crippen MR) is 23.7 cm³/mol. The van der Waals surface area contributed by atoms with Crippen LogP contribution in [0.15, 0.2) is 0 Å². The average Bonchev–Trinajstić information content (AvgIpc) is 1.66. The minimum absolute atomic E-state index is 0. The summed E-state index contributed by atoms with van der Waals surface area (Å²) in [5, 5.41) is 11.8. The summed E-state index contributed by atoms with van der Waals surface area (Å²) < 4.78 is 0. The van der Waals surface area contributed by atoms with Gasteiger partial charge in [0.15, 0.2) is 0 Å². The summed E-state index contributed by atoms with van der Waals surface area (Å²) in [5.74, 6) is -1.15. The van der Waals surface area contributed by atoms with Gasteiger partial charge in [-0.2, -0.15) is 0 Å². The van der Waals surface area contributed by atoms with Crippen molar-refractivity contribution in [3.05, 3.63) is 0 Å². The number of carboxylic acid groups (broad SMARTS) is 1. The van der Waals surface area contributed by atoms with Gasteiger partial charge < -0.3 is 15.2 Å². The number of nitrogens with one attached hydrogen (secondary N) is 1. The molecule has 0 saturated carbocycles. The summed E-state index contributed by atoms with van der Waals surface area (Å²) in [7, 11) is 0. The fourth-order valence-corrected chi connectivity index (χ4v) is 0.233. The van der Waals surface area contributed by atoms with Crippen LogP contribution in [0.25, 0.3) is 0 Å². The van der Waals surface area contributed by atoms with E-state index in [9.17, 15) is 14.7 Å². The monoisotopic (exact) mass is 139 g/mol. The number of aliphatic carboxylic acids is 1. The van der Waals surface area contributed by atoms with Crippen molar-refractivity contribution in [3.63, 3.8) is 0 Å². The van der Waals surface area contributed by atoms with Gasteiger partial charge in [0.25, 0.3) is 0 Å². The van der Waals surface area contributed by atoms with Crippen LogP contribution in [0.4, 0.5) is 0 Å². The molecule has 9 heavy (non-hydrogen) atoms. The van der Waals surface area contributed by atoms with Crippen LogP contribution in [0.2, 0.25) is 0 Å². The molecule has 0 rings (SSSR count). The van der Waals surface area contributed by atoms with Crippen LogP contribution in [0, 0.1) is 0 Å². The van der Waals surface area contributed by atoms with E-state index in [0.717, 1.165) is 0 Å². The molecule has 0 bridgehead atoms. The summed E-state index contributed by atoms with van der Waals surface area (Å²) >= 11 is 0. The van der Waals surface area contributed by atoms with Gasteiger partial charge in [0, 0.05) is 18.9 Å². The minimum Gasteiger partial charge on any atom is -0.550 e. The molecule has 46 valence electrons. The van der Waals surface area contributed by atoms with Crippen LogP contribution in [-0.2, 0) is 9.59 Å². The molecule has 4 nitrogen and oxygen atoms in total. The molecule has 0 unspecified atom stereocenters. The van der Waals surface area contributed by atoms with Crippen LogP contribution in [0.1, 0.15) is 6.42 Å². The van der Waals surface area contributed by atoms with Crippen molar-refractivity contribution in [3.8, 4) is 0 Å². The van der Waals surface area contributed by atoms with Gasteiger partial charge in [-0.05, 0) is 0 Å². The number of hydrogen-bond donors (Lipinski definition) is 1. The minimum atomic E-state index is -1.15. The van der Waals surface area contributed by atoms with Gasteiger partial charge in [0.1, 0.15) is 0 Å². The molecule has 0 radical (unpaired) electrons. The van der Waals surface area contributed by atoms with E-state index >= 15 is 0 Å². The van der Waals surface area contributed by atoms with Gasteiger partial charge in [-0.3, -0.25) is 4.79 Å². The second-order valence-electron chi connectivity index (χ2n) is 1.19. The summed E-state index contributed by atoms with van der Waals surface area (Å²) in [6.07, 6.45) is 0.321. The Labute approximate surface area is 74.9 Å². The zero-order chi connectivity index (χ0) is 6.41. The molecule has 0 saturated heterocycles. The normalized spacial score (nSPS) is 7.11. The predicted octanol–water partition coefficient (Wildman–Crippen LogP) is -5.12. The molecule has 0 aliphatic carbocycles. The summed E-state index contributed by atoms with van der Waals surface area (Å²) in [4.78, 5) is 19.1. The molecule has 0 atom stereocenters. The topological polar surface area (TPSA) is 69.2 Å². The molecule has 0 aromatic heterocycles. The fraction of sp³-hybridized carbons (Fsp3) is 0.500. The Morgan fingerprint density at radius 1 is 1.67 bits per heavy atom. The number of carbonyl (C=O) groups is 2. The van der Waals surface area contributed by atoms with E-state index in [1.165, 1.54) is 0 Å². The maximum atomic E-state index is 9.61. The molecule has 1 amide bonds. The fourth-order valence-electron chi connectivity index (χ4n) is 0.233. The van der Waals surface area contributed by atoms with Gasteiger partial charge in [0.2, 0.25) is 6.41 Å². The van der Waals surface area contributed by atoms with E-state index in [1.54, 1.807) is 0 Å². The third kappa shape index (κ3) is 11.5. The van der Waals surface area contributed by atoms with E-state index in [1.807, 2.05) is 0 Å². The Balaban J connectivity index is 0. The summed E-state index contributed by atoms with van der Waals surface area (Å²) in [6.45, 7) is 0.145. The zero-order valence-electron chi connectivity index (χ0n) is 5.22. The maximum Gasteiger partial charge on any atom is 1.00 e. The third-order valence-corrected chi connectivity index (χ3v) is 0.557. The first-order valence-electron chi connectivity index (χ1n) is 2.14. The standard InChI is InChI=1S/C4H7NO3.Na/c6-3-5-2-1-4(7)8;/h3H,1-2H2,(H,5,6)(H,7,8);/q;+1/p-1. The first-order valence-corrected chi connectivity index (χ1v) is 2.14. The Morgan fingerprint density at radius 3 is 2.56 bits per heavy atom. The van der Waals surface area contributed by atoms with Crippen LogP contribution in [-0.4, -0.2) is 18.9 Å². The van der Waals surface area contributed by atoms with Crippen LogP contribution < -0.4 is 40.0 Å². The van der Waals surface area contributed by atoms with Crippen LogP contribution in [0.5, 0.6) is 0 Å². The van der Waals surface area contributed by atoms with Crippen LogP contribution in [0.3, 0.4) is 0 Å². The summed E-state index contributed by atoms with van der Waals surface area (Å²) in [6, 6.07) is 0. The molecule has 0 fully saturated rings. The Bertz CT molecular complexity index is 95.8. The molecule has 0 spiro atoms. The van der Waals surface area contributed by atoms with Gasteiger partial charge in [-0.15, -0.1) is 0 Å². The molecule has 0 heterocycles. The molecule has 5 heteroatoms. The smallest absolute Gasteiger partial charge is 0.550 e. The van der Waals surface area contributed by atoms with Crippen molar-refractivity contribution in [1.29, 1.82) is 0 Å².